The fourth-order valence-electron chi connectivity index (χ4n) is 2.05. The Morgan fingerprint density at radius 2 is 2.00 bits per heavy atom. The summed E-state index contributed by atoms with van der Waals surface area (Å²) in [7, 11) is 1.85. The lowest BCUT2D eigenvalue weighted by Gasteiger charge is -2.35. The SMILES string of the molecule is CCCNc1ccc(Cl)cc1C(=O)N(C)C(C)C(C)(C)C. The Hall–Kier alpha value is -1.22. The third-order valence-corrected chi connectivity index (χ3v) is 4.17. The van der Waals surface area contributed by atoms with E-state index < -0.39 is 0 Å². The van der Waals surface area contributed by atoms with Gasteiger partial charge < -0.3 is 10.2 Å². The van der Waals surface area contributed by atoms with Crippen LogP contribution in [0.25, 0.3) is 0 Å². The van der Waals surface area contributed by atoms with Crippen molar-refractivity contribution in [3.05, 3.63) is 28.8 Å². The van der Waals surface area contributed by atoms with Crippen LogP contribution in [0.5, 0.6) is 0 Å². The quantitative estimate of drug-likeness (QED) is 0.857. The number of hydrogen-bond donors (Lipinski definition) is 1. The van der Waals surface area contributed by atoms with E-state index in [-0.39, 0.29) is 17.4 Å². The maximum Gasteiger partial charge on any atom is 0.256 e. The van der Waals surface area contributed by atoms with E-state index in [4.69, 9.17) is 11.6 Å². The summed E-state index contributed by atoms with van der Waals surface area (Å²) in [4.78, 5) is 14.6. The van der Waals surface area contributed by atoms with E-state index in [9.17, 15) is 4.79 Å². The van der Waals surface area contributed by atoms with Gasteiger partial charge >= 0.3 is 0 Å². The molecule has 0 saturated heterocycles. The second-order valence-electron chi connectivity index (χ2n) is 6.57. The average Bonchev–Trinajstić information content (AvgIpc) is 2.42. The summed E-state index contributed by atoms with van der Waals surface area (Å²) >= 11 is 6.07. The van der Waals surface area contributed by atoms with Crippen molar-refractivity contribution in [1.29, 1.82) is 0 Å². The number of carbonyl (C=O) groups excluding carboxylic acids is 1. The molecule has 1 aromatic carbocycles. The topological polar surface area (TPSA) is 32.3 Å². The average molecular weight is 311 g/mol. The van der Waals surface area contributed by atoms with Crippen LogP contribution in [0, 0.1) is 5.41 Å². The first kappa shape index (κ1) is 17.8. The lowest BCUT2D eigenvalue weighted by molar-refractivity contribution is 0.0630. The van der Waals surface area contributed by atoms with Crippen molar-refractivity contribution in [1.82, 2.24) is 4.90 Å². The highest BCUT2D eigenvalue weighted by molar-refractivity contribution is 6.31. The minimum absolute atomic E-state index is 0.00136. The van der Waals surface area contributed by atoms with Crippen LogP contribution < -0.4 is 5.32 Å². The number of rotatable bonds is 5. The number of halogens is 1. The molecule has 1 atom stereocenters. The number of anilines is 1. The summed E-state index contributed by atoms with van der Waals surface area (Å²) in [5, 5.41) is 3.88. The highest BCUT2D eigenvalue weighted by Gasteiger charge is 2.28. The molecule has 1 rings (SSSR count). The molecule has 1 unspecified atom stereocenters. The molecular weight excluding hydrogens is 284 g/mol. The molecule has 4 heteroatoms. The molecule has 118 valence electrons. The van der Waals surface area contributed by atoms with Crippen molar-refractivity contribution >= 4 is 23.2 Å². The predicted octanol–water partition coefficient (Wildman–Crippen LogP) is 4.67. The zero-order valence-corrected chi connectivity index (χ0v) is 14.7. The zero-order chi connectivity index (χ0) is 16.2. The normalized spacial score (nSPS) is 12.9. The number of benzene rings is 1. The molecule has 1 amide bonds. The zero-order valence-electron chi connectivity index (χ0n) is 14.0. The Morgan fingerprint density at radius 3 is 2.52 bits per heavy atom. The van der Waals surface area contributed by atoms with Crippen LogP contribution in [0.15, 0.2) is 18.2 Å². The molecule has 0 aromatic heterocycles. The molecule has 0 aliphatic heterocycles. The third-order valence-electron chi connectivity index (χ3n) is 3.93. The molecule has 21 heavy (non-hydrogen) atoms. The minimum atomic E-state index is -0.00136. The van der Waals surface area contributed by atoms with Gasteiger partial charge in [-0.25, -0.2) is 0 Å². The van der Waals surface area contributed by atoms with Gasteiger partial charge in [0.2, 0.25) is 0 Å². The molecule has 0 fully saturated rings. The third kappa shape index (κ3) is 4.63. The molecule has 0 saturated carbocycles. The minimum Gasteiger partial charge on any atom is -0.384 e. The monoisotopic (exact) mass is 310 g/mol. The number of nitrogens with one attached hydrogen (secondary N) is 1. The van der Waals surface area contributed by atoms with E-state index in [0.717, 1.165) is 18.7 Å². The van der Waals surface area contributed by atoms with Crippen molar-refractivity contribution in [3.63, 3.8) is 0 Å². The second kappa shape index (κ2) is 7.17. The van der Waals surface area contributed by atoms with Crippen molar-refractivity contribution in [2.75, 3.05) is 18.9 Å². The number of nitrogens with zero attached hydrogens (tertiary/aromatic N) is 1. The first-order valence-corrected chi connectivity index (χ1v) is 7.86. The van der Waals surface area contributed by atoms with Gasteiger partial charge in [0.05, 0.1) is 5.56 Å². The van der Waals surface area contributed by atoms with Crippen LogP contribution in [0.4, 0.5) is 5.69 Å². The highest BCUT2D eigenvalue weighted by atomic mass is 35.5. The van der Waals surface area contributed by atoms with Gasteiger partial charge in [-0.05, 0) is 37.0 Å². The van der Waals surface area contributed by atoms with Crippen LogP contribution in [-0.4, -0.2) is 30.4 Å². The Morgan fingerprint density at radius 1 is 1.38 bits per heavy atom. The molecule has 0 bridgehead atoms. The molecule has 0 heterocycles. The van der Waals surface area contributed by atoms with Gasteiger partial charge in [-0.3, -0.25) is 4.79 Å². The van der Waals surface area contributed by atoms with Crippen LogP contribution in [0.2, 0.25) is 5.02 Å². The summed E-state index contributed by atoms with van der Waals surface area (Å²) in [6.07, 6.45) is 1.00. The molecule has 3 nitrogen and oxygen atoms in total. The maximum atomic E-state index is 12.8. The van der Waals surface area contributed by atoms with Crippen LogP contribution in [0.3, 0.4) is 0 Å². The van der Waals surface area contributed by atoms with E-state index in [1.54, 1.807) is 11.0 Å². The molecule has 0 radical (unpaired) electrons. The maximum absolute atomic E-state index is 12.8. The van der Waals surface area contributed by atoms with Gasteiger partial charge in [0, 0.05) is 30.3 Å². The number of amides is 1. The largest absolute Gasteiger partial charge is 0.384 e. The Bertz CT molecular complexity index is 494. The van der Waals surface area contributed by atoms with Crippen LogP contribution in [-0.2, 0) is 0 Å². The predicted molar refractivity (Wildman–Crippen MR) is 91.2 cm³/mol. The van der Waals surface area contributed by atoms with Crippen molar-refractivity contribution in [2.24, 2.45) is 5.41 Å². The van der Waals surface area contributed by atoms with E-state index in [1.807, 2.05) is 19.2 Å². The number of carbonyl (C=O) groups is 1. The smallest absolute Gasteiger partial charge is 0.256 e. The van der Waals surface area contributed by atoms with Crippen molar-refractivity contribution in [3.8, 4) is 0 Å². The van der Waals surface area contributed by atoms with Gasteiger partial charge in [0.15, 0.2) is 0 Å². The standard InChI is InChI=1S/C17H27ClN2O/c1-7-10-19-15-9-8-13(18)11-14(15)16(21)20(6)12(2)17(3,4)5/h8-9,11-12,19H,7,10H2,1-6H3. The van der Waals surface area contributed by atoms with Gasteiger partial charge in [-0.15, -0.1) is 0 Å². The van der Waals surface area contributed by atoms with Gasteiger partial charge in [-0.2, -0.15) is 0 Å². The fraction of sp³-hybridized carbons (Fsp3) is 0.588. The highest BCUT2D eigenvalue weighted by Crippen LogP contribution is 2.27. The second-order valence-corrected chi connectivity index (χ2v) is 7.01. The van der Waals surface area contributed by atoms with Crippen LogP contribution in [0.1, 0.15) is 51.4 Å². The Labute approximate surface area is 133 Å². The summed E-state index contributed by atoms with van der Waals surface area (Å²) in [6, 6.07) is 5.56. The summed E-state index contributed by atoms with van der Waals surface area (Å²) < 4.78 is 0. The molecule has 1 N–H and O–H groups in total. The van der Waals surface area contributed by atoms with E-state index in [1.165, 1.54) is 0 Å². The van der Waals surface area contributed by atoms with Gasteiger partial charge in [-0.1, -0.05) is 39.3 Å². The van der Waals surface area contributed by atoms with Crippen LogP contribution >= 0.6 is 11.6 Å². The van der Waals surface area contributed by atoms with Gasteiger partial charge in [0.25, 0.3) is 5.91 Å². The summed E-state index contributed by atoms with van der Waals surface area (Å²) in [5.74, 6) is -0.00136. The summed E-state index contributed by atoms with van der Waals surface area (Å²) in [5.41, 5.74) is 1.51. The molecular formula is C17H27ClN2O. The molecule has 0 aliphatic carbocycles. The lowest BCUT2D eigenvalue weighted by atomic mass is 9.87. The Kier molecular flexibility index (Phi) is 6.09. The molecule has 1 aromatic rings. The number of hydrogen-bond acceptors (Lipinski definition) is 2. The Balaban J connectivity index is 3.08. The summed E-state index contributed by atoms with van der Waals surface area (Å²) in [6.45, 7) is 11.4. The van der Waals surface area contributed by atoms with E-state index in [2.05, 4.69) is 39.9 Å². The first-order valence-electron chi connectivity index (χ1n) is 7.49. The van der Waals surface area contributed by atoms with E-state index in [0.29, 0.717) is 10.6 Å². The van der Waals surface area contributed by atoms with Crippen molar-refractivity contribution in [2.45, 2.75) is 47.1 Å². The fourth-order valence-corrected chi connectivity index (χ4v) is 2.23. The van der Waals surface area contributed by atoms with Crippen molar-refractivity contribution < 1.29 is 4.79 Å². The van der Waals surface area contributed by atoms with E-state index >= 15 is 0 Å². The first-order chi connectivity index (χ1) is 9.68. The lowest BCUT2D eigenvalue weighted by Crippen LogP contribution is -2.43. The molecule has 0 spiro atoms. The molecule has 0 aliphatic rings. The van der Waals surface area contributed by atoms with Gasteiger partial charge in [0.1, 0.15) is 0 Å².